The van der Waals surface area contributed by atoms with Gasteiger partial charge in [0.15, 0.2) is 0 Å². The average molecular weight is 289 g/mol. The summed E-state index contributed by atoms with van der Waals surface area (Å²) in [5.74, 6) is 0.152. The standard InChI is InChI=1S/C10H13BrN2OS/c1-13(8-3-2-7(11)15-8)9(14)10(6-12)4-5-10/h2-3H,4-6,12H2,1H3. The number of nitrogens with two attached hydrogens (primary N) is 1. The van der Waals surface area contributed by atoms with Gasteiger partial charge in [-0.15, -0.1) is 11.3 Å². The zero-order valence-electron chi connectivity index (χ0n) is 8.50. The summed E-state index contributed by atoms with van der Waals surface area (Å²) in [5, 5.41) is 0.964. The van der Waals surface area contributed by atoms with Gasteiger partial charge in [0.2, 0.25) is 5.91 Å². The first-order chi connectivity index (χ1) is 7.09. The van der Waals surface area contributed by atoms with Gasteiger partial charge in [0.25, 0.3) is 0 Å². The molecule has 0 aliphatic heterocycles. The first-order valence-electron chi connectivity index (χ1n) is 4.83. The van der Waals surface area contributed by atoms with Crippen LogP contribution in [0.15, 0.2) is 15.9 Å². The first kappa shape index (κ1) is 11.1. The van der Waals surface area contributed by atoms with E-state index in [-0.39, 0.29) is 11.3 Å². The number of amides is 1. The van der Waals surface area contributed by atoms with E-state index in [1.807, 2.05) is 19.2 Å². The van der Waals surface area contributed by atoms with Gasteiger partial charge in [0.1, 0.15) is 0 Å². The highest BCUT2D eigenvalue weighted by Gasteiger charge is 2.50. The van der Waals surface area contributed by atoms with Gasteiger partial charge < -0.3 is 10.6 Å². The molecule has 0 atom stereocenters. The van der Waals surface area contributed by atoms with Gasteiger partial charge in [0.05, 0.1) is 14.2 Å². The van der Waals surface area contributed by atoms with Crippen molar-refractivity contribution in [2.45, 2.75) is 12.8 Å². The van der Waals surface area contributed by atoms with Crippen molar-refractivity contribution in [3.8, 4) is 0 Å². The number of nitrogens with zero attached hydrogens (tertiary/aromatic N) is 1. The van der Waals surface area contributed by atoms with Gasteiger partial charge in [-0.1, -0.05) is 0 Å². The SMILES string of the molecule is CN(C(=O)C1(CN)CC1)c1ccc(Br)s1. The molecule has 1 aliphatic rings. The second-order valence-corrected chi connectivity index (χ2v) is 6.37. The number of hydrogen-bond donors (Lipinski definition) is 1. The lowest BCUT2D eigenvalue weighted by atomic mass is 10.1. The van der Waals surface area contributed by atoms with E-state index in [0.29, 0.717) is 6.54 Å². The van der Waals surface area contributed by atoms with E-state index < -0.39 is 0 Å². The molecule has 0 unspecified atom stereocenters. The largest absolute Gasteiger partial charge is 0.329 e. The van der Waals surface area contributed by atoms with Crippen LogP contribution in [-0.4, -0.2) is 19.5 Å². The van der Waals surface area contributed by atoms with Crippen molar-refractivity contribution in [2.24, 2.45) is 11.1 Å². The molecule has 0 radical (unpaired) electrons. The summed E-state index contributed by atoms with van der Waals surface area (Å²) in [4.78, 5) is 13.8. The number of carbonyl (C=O) groups excluding carboxylic acids is 1. The van der Waals surface area contributed by atoms with Crippen molar-refractivity contribution in [1.29, 1.82) is 0 Å². The lowest BCUT2D eigenvalue weighted by Gasteiger charge is -2.20. The molecule has 0 spiro atoms. The Morgan fingerprint density at radius 3 is 2.73 bits per heavy atom. The molecule has 82 valence electrons. The molecule has 0 aromatic carbocycles. The summed E-state index contributed by atoms with van der Waals surface area (Å²) >= 11 is 4.95. The van der Waals surface area contributed by atoms with Gasteiger partial charge in [-0.05, 0) is 40.9 Å². The van der Waals surface area contributed by atoms with Crippen molar-refractivity contribution in [3.63, 3.8) is 0 Å². The zero-order valence-corrected chi connectivity index (χ0v) is 10.9. The molecule has 2 rings (SSSR count). The molecule has 3 nitrogen and oxygen atoms in total. The third-order valence-corrected chi connectivity index (χ3v) is 4.59. The molecule has 1 heterocycles. The highest BCUT2D eigenvalue weighted by molar-refractivity contribution is 9.11. The van der Waals surface area contributed by atoms with Gasteiger partial charge in [0, 0.05) is 13.6 Å². The maximum absolute atomic E-state index is 12.1. The van der Waals surface area contributed by atoms with Crippen LogP contribution in [0, 0.1) is 5.41 Å². The monoisotopic (exact) mass is 288 g/mol. The van der Waals surface area contributed by atoms with Crippen LogP contribution in [0.3, 0.4) is 0 Å². The summed E-state index contributed by atoms with van der Waals surface area (Å²) in [6.45, 7) is 0.461. The molecule has 0 bridgehead atoms. The predicted molar refractivity (Wildman–Crippen MR) is 66.2 cm³/mol. The number of thiophene rings is 1. The van der Waals surface area contributed by atoms with Crippen molar-refractivity contribution in [3.05, 3.63) is 15.9 Å². The lowest BCUT2D eigenvalue weighted by molar-refractivity contribution is -0.123. The van der Waals surface area contributed by atoms with E-state index in [1.54, 1.807) is 16.2 Å². The van der Waals surface area contributed by atoms with Crippen LogP contribution in [0.2, 0.25) is 0 Å². The third kappa shape index (κ3) is 1.96. The molecule has 1 aromatic heterocycles. The van der Waals surface area contributed by atoms with Crippen LogP contribution >= 0.6 is 27.3 Å². The Hall–Kier alpha value is -0.390. The Bertz CT molecular complexity index is 387. The Morgan fingerprint density at radius 2 is 2.33 bits per heavy atom. The summed E-state index contributed by atoms with van der Waals surface area (Å²) < 4.78 is 1.04. The summed E-state index contributed by atoms with van der Waals surface area (Å²) in [6, 6.07) is 3.89. The van der Waals surface area contributed by atoms with Gasteiger partial charge in [-0.2, -0.15) is 0 Å². The third-order valence-electron chi connectivity index (χ3n) is 2.89. The normalized spacial score (nSPS) is 17.5. The van der Waals surface area contributed by atoms with Crippen LogP contribution in [0.4, 0.5) is 5.00 Å². The fourth-order valence-corrected chi connectivity index (χ4v) is 2.92. The lowest BCUT2D eigenvalue weighted by Crippen LogP contribution is -2.37. The van der Waals surface area contributed by atoms with E-state index in [4.69, 9.17) is 5.73 Å². The minimum absolute atomic E-state index is 0.152. The highest BCUT2D eigenvalue weighted by Crippen LogP contribution is 2.47. The van der Waals surface area contributed by atoms with Crippen LogP contribution in [0.25, 0.3) is 0 Å². The second-order valence-electron chi connectivity index (χ2n) is 3.93. The van der Waals surface area contributed by atoms with Crippen LogP contribution in [0.5, 0.6) is 0 Å². The van der Waals surface area contributed by atoms with Crippen LogP contribution in [0.1, 0.15) is 12.8 Å². The van der Waals surface area contributed by atoms with E-state index in [0.717, 1.165) is 21.6 Å². The van der Waals surface area contributed by atoms with E-state index in [2.05, 4.69) is 15.9 Å². The zero-order chi connectivity index (χ0) is 11.1. The van der Waals surface area contributed by atoms with Crippen molar-refractivity contribution in [2.75, 3.05) is 18.5 Å². The topological polar surface area (TPSA) is 46.3 Å². The summed E-state index contributed by atoms with van der Waals surface area (Å²) in [7, 11) is 1.82. The molecule has 1 amide bonds. The Kier molecular flexibility index (Phi) is 2.87. The maximum atomic E-state index is 12.1. The van der Waals surface area contributed by atoms with E-state index >= 15 is 0 Å². The van der Waals surface area contributed by atoms with Crippen LogP contribution in [-0.2, 0) is 4.79 Å². The van der Waals surface area contributed by atoms with E-state index in [1.165, 1.54) is 0 Å². The molecular weight excluding hydrogens is 276 g/mol. The van der Waals surface area contributed by atoms with Gasteiger partial charge in [-0.25, -0.2) is 0 Å². The summed E-state index contributed by atoms with van der Waals surface area (Å²) in [5.41, 5.74) is 5.38. The van der Waals surface area contributed by atoms with Crippen molar-refractivity contribution < 1.29 is 4.79 Å². The molecule has 2 N–H and O–H groups in total. The average Bonchev–Trinajstić information content (AvgIpc) is 2.93. The fraction of sp³-hybridized carbons (Fsp3) is 0.500. The Balaban J connectivity index is 2.15. The molecule has 0 saturated heterocycles. The molecule has 1 aromatic rings. The van der Waals surface area contributed by atoms with Gasteiger partial charge in [-0.3, -0.25) is 4.79 Å². The van der Waals surface area contributed by atoms with Crippen LogP contribution < -0.4 is 10.6 Å². The second kappa shape index (κ2) is 3.88. The number of hydrogen-bond acceptors (Lipinski definition) is 3. The molecular formula is C10H13BrN2OS. The van der Waals surface area contributed by atoms with Crippen molar-refractivity contribution >= 4 is 38.2 Å². The molecule has 1 fully saturated rings. The fourth-order valence-electron chi connectivity index (χ4n) is 1.60. The van der Waals surface area contributed by atoms with E-state index in [9.17, 15) is 4.79 Å². The quantitative estimate of drug-likeness (QED) is 0.927. The predicted octanol–water partition coefficient (Wildman–Crippen LogP) is 2.21. The maximum Gasteiger partial charge on any atom is 0.234 e. The summed E-state index contributed by atoms with van der Waals surface area (Å²) in [6.07, 6.45) is 1.86. The molecule has 5 heteroatoms. The first-order valence-corrected chi connectivity index (χ1v) is 6.43. The number of rotatable bonds is 3. The number of anilines is 1. The minimum atomic E-state index is -0.259. The number of halogens is 1. The Labute approximate surface area is 101 Å². The molecule has 15 heavy (non-hydrogen) atoms. The van der Waals surface area contributed by atoms with Gasteiger partial charge >= 0.3 is 0 Å². The Morgan fingerprint density at radius 1 is 1.67 bits per heavy atom. The smallest absolute Gasteiger partial charge is 0.234 e. The van der Waals surface area contributed by atoms with Crippen molar-refractivity contribution in [1.82, 2.24) is 0 Å². The highest BCUT2D eigenvalue weighted by atomic mass is 79.9. The molecule has 1 saturated carbocycles. The number of carbonyl (C=O) groups is 1. The molecule has 1 aliphatic carbocycles. The minimum Gasteiger partial charge on any atom is -0.329 e.